The molecule has 22 heavy (non-hydrogen) atoms. The normalized spacial score (nSPS) is 10.7. The number of carbonyl (C=O) groups excluding carboxylic acids is 1. The predicted octanol–water partition coefficient (Wildman–Crippen LogP) is 5.04. The maximum Gasteiger partial charge on any atom is 0.188 e. The van der Waals surface area contributed by atoms with Crippen molar-refractivity contribution in [3.63, 3.8) is 0 Å². The number of benzene rings is 2. The third-order valence-corrected chi connectivity index (χ3v) is 3.36. The molecule has 0 N–H and O–H groups in total. The van der Waals surface area contributed by atoms with Gasteiger partial charge in [0, 0.05) is 17.5 Å². The minimum Gasteiger partial charge on any atom is -0.289 e. The van der Waals surface area contributed by atoms with Crippen LogP contribution in [0.15, 0.2) is 72.3 Å². The van der Waals surface area contributed by atoms with Crippen LogP contribution in [-0.2, 0) is 0 Å². The summed E-state index contributed by atoms with van der Waals surface area (Å²) < 4.78 is 0. The minimum absolute atomic E-state index is 0.107. The number of ketones is 1. The number of Topliss-reactive ketones (excluding diaryl/α,β-unsaturated/α-hetero) is 1. The van der Waals surface area contributed by atoms with E-state index < -0.39 is 0 Å². The zero-order valence-corrected chi connectivity index (χ0v) is 12.9. The quantitative estimate of drug-likeness (QED) is 0.326. The van der Waals surface area contributed by atoms with Crippen LogP contribution in [0.5, 0.6) is 0 Å². The third-order valence-electron chi connectivity index (χ3n) is 3.36. The van der Waals surface area contributed by atoms with Gasteiger partial charge >= 0.3 is 0 Å². The molecule has 2 rings (SSSR count). The fraction of sp³-hybridized carbons (Fsp3) is 0.190. The molecule has 0 atom stereocenters. The first-order valence-corrected chi connectivity index (χ1v) is 7.58. The largest absolute Gasteiger partial charge is 0.289 e. The van der Waals surface area contributed by atoms with E-state index in [9.17, 15) is 4.79 Å². The van der Waals surface area contributed by atoms with Gasteiger partial charge in [0.05, 0.1) is 0 Å². The molecule has 0 radical (unpaired) electrons. The molecule has 0 saturated carbocycles. The Labute approximate surface area is 132 Å². The van der Waals surface area contributed by atoms with Crippen molar-refractivity contribution in [1.29, 1.82) is 0 Å². The van der Waals surface area contributed by atoms with Crippen LogP contribution < -0.4 is 0 Å². The van der Waals surface area contributed by atoms with Crippen molar-refractivity contribution in [2.75, 3.05) is 0 Å². The summed E-state index contributed by atoms with van der Waals surface area (Å²) in [6.45, 7) is 1.88. The first-order chi connectivity index (χ1) is 10.8. The summed E-state index contributed by atoms with van der Waals surface area (Å²) in [5.41, 5.74) is 2.61. The van der Waals surface area contributed by atoms with E-state index in [0.717, 1.165) is 36.0 Å². The summed E-state index contributed by atoms with van der Waals surface area (Å²) in [5, 5.41) is 0. The second-order valence-corrected chi connectivity index (χ2v) is 5.14. The predicted molar refractivity (Wildman–Crippen MR) is 91.7 cm³/mol. The number of rotatable bonds is 5. The molecule has 0 aromatic heterocycles. The van der Waals surface area contributed by atoms with E-state index in [1.54, 1.807) is 0 Å². The second kappa shape index (κ2) is 8.64. The lowest BCUT2D eigenvalue weighted by Gasteiger charge is -2.00. The molecule has 0 spiro atoms. The molecule has 2 aromatic rings. The van der Waals surface area contributed by atoms with Crippen molar-refractivity contribution in [3.05, 3.63) is 83.4 Å². The summed E-state index contributed by atoms with van der Waals surface area (Å²) in [5.74, 6) is 6.42. The number of hydrogen-bond donors (Lipinski definition) is 0. The highest BCUT2D eigenvalue weighted by atomic mass is 16.1. The van der Waals surface area contributed by atoms with Crippen LogP contribution in [0.3, 0.4) is 0 Å². The molecule has 1 nitrogen and oxygen atoms in total. The molecule has 0 fully saturated rings. The Hall–Kier alpha value is -2.59. The lowest BCUT2D eigenvalue weighted by Crippen LogP contribution is -1.99. The summed E-state index contributed by atoms with van der Waals surface area (Å²) in [6, 6.07) is 19.4. The molecule has 0 aliphatic rings. The second-order valence-electron chi connectivity index (χ2n) is 5.14. The van der Waals surface area contributed by atoms with Crippen molar-refractivity contribution in [2.24, 2.45) is 0 Å². The molecule has 0 aliphatic heterocycles. The van der Waals surface area contributed by atoms with Gasteiger partial charge in [0.2, 0.25) is 0 Å². The molecular formula is C21H20O. The monoisotopic (exact) mass is 288 g/mol. The highest BCUT2D eigenvalue weighted by Crippen LogP contribution is 2.09. The van der Waals surface area contributed by atoms with Crippen LogP contribution in [0.1, 0.15) is 42.1 Å². The van der Waals surface area contributed by atoms with Crippen LogP contribution in [0.2, 0.25) is 0 Å². The number of carbonyl (C=O) groups is 1. The smallest absolute Gasteiger partial charge is 0.188 e. The van der Waals surface area contributed by atoms with Crippen molar-refractivity contribution in [3.8, 4) is 11.8 Å². The molecule has 2 aromatic carbocycles. The van der Waals surface area contributed by atoms with Gasteiger partial charge in [-0.05, 0) is 37.5 Å². The van der Waals surface area contributed by atoms with Crippen LogP contribution in [-0.4, -0.2) is 5.78 Å². The number of unbranched alkanes of at least 4 members (excludes halogenated alkanes) is 2. The average molecular weight is 288 g/mol. The fourth-order valence-corrected chi connectivity index (χ4v) is 2.10. The van der Waals surface area contributed by atoms with Gasteiger partial charge in [-0.2, -0.15) is 0 Å². The van der Waals surface area contributed by atoms with Gasteiger partial charge in [-0.3, -0.25) is 4.79 Å². The van der Waals surface area contributed by atoms with E-state index in [0.29, 0.717) is 0 Å². The van der Waals surface area contributed by atoms with Gasteiger partial charge in [-0.25, -0.2) is 0 Å². The SMILES string of the molecule is C/C(=C\CCCC#Cc1ccccc1)C(=O)c1ccccc1. The molecule has 0 heterocycles. The van der Waals surface area contributed by atoms with Crippen LogP contribution in [0.25, 0.3) is 0 Å². The van der Waals surface area contributed by atoms with E-state index >= 15 is 0 Å². The Bertz CT molecular complexity index is 685. The maximum atomic E-state index is 12.2. The average Bonchev–Trinajstić information content (AvgIpc) is 2.58. The lowest BCUT2D eigenvalue weighted by atomic mass is 10.0. The summed E-state index contributed by atoms with van der Waals surface area (Å²) in [4.78, 5) is 12.2. The van der Waals surface area contributed by atoms with Crippen molar-refractivity contribution in [2.45, 2.75) is 26.2 Å². The molecule has 110 valence electrons. The van der Waals surface area contributed by atoms with E-state index in [2.05, 4.69) is 11.8 Å². The minimum atomic E-state index is 0.107. The van der Waals surface area contributed by atoms with Gasteiger partial charge in [0.25, 0.3) is 0 Å². The van der Waals surface area contributed by atoms with Crippen molar-refractivity contribution < 1.29 is 4.79 Å². The van der Waals surface area contributed by atoms with Gasteiger partial charge in [-0.1, -0.05) is 66.4 Å². The van der Waals surface area contributed by atoms with E-state index in [-0.39, 0.29) is 5.78 Å². The maximum absolute atomic E-state index is 12.2. The summed E-state index contributed by atoms with van der Waals surface area (Å²) in [7, 11) is 0. The molecule has 1 heteroatoms. The first kappa shape index (κ1) is 15.8. The fourth-order valence-electron chi connectivity index (χ4n) is 2.10. The zero-order valence-electron chi connectivity index (χ0n) is 12.9. The highest BCUT2D eigenvalue weighted by molar-refractivity contribution is 6.08. The third kappa shape index (κ3) is 5.07. The van der Waals surface area contributed by atoms with Gasteiger partial charge in [-0.15, -0.1) is 0 Å². The van der Waals surface area contributed by atoms with E-state index in [4.69, 9.17) is 0 Å². The Balaban J connectivity index is 1.78. The molecule has 0 unspecified atom stereocenters. The Kier molecular flexibility index (Phi) is 6.20. The van der Waals surface area contributed by atoms with E-state index in [1.807, 2.05) is 73.7 Å². The highest BCUT2D eigenvalue weighted by Gasteiger charge is 2.05. The van der Waals surface area contributed by atoms with Gasteiger partial charge in [0.15, 0.2) is 5.78 Å². The number of allylic oxidation sites excluding steroid dienone is 2. The lowest BCUT2D eigenvalue weighted by molar-refractivity contribution is 0.103. The Morgan fingerprint density at radius 1 is 1.00 bits per heavy atom. The van der Waals surface area contributed by atoms with Crippen molar-refractivity contribution in [1.82, 2.24) is 0 Å². The Morgan fingerprint density at radius 2 is 1.64 bits per heavy atom. The molecule has 0 bridgehead atoms. The van der Waals surface area contributed by atoms with Gasteiger partial charge in [0.1, 0.15) is 0 Å². The number of hydrogen-bond acceptors (Lipinski definition) is 1. The zero-order chi connectivity index (χ0) is 15.6. The van der Waals surface area contributed by atoms with Crippen molar-refractivity contribution >= 4 is 5.78 Å². The summed E-state index contributed by atoms with van der Waals surface area (Å²) >= 11 is 0. The van der Waals surface area contributed by atoms with Crippen LogP contribution in [0.4, 0.5) is 0 Å². The topological polar surface area (TPSA) is 17.1 Å². The van der Waals surface area contributed by atoms with Crippen LogP contribution >= 0.6 is 0 Å². The molecule has 0 aliphatic carbocycles. The molecular weight excluding hydrogens is 268 g/mol. The standard InChI is InChI=1S/C21H20O/c1-18(21(22)20-16-10-5-11-17-20)12-6-2-3-7-13-19-14-8-4-9-15-19/h4-5,8-12,14-17H,2-3,6H2,1H3/b18-12+. The molecule has 0 amide bonds. The summed E-state index contributed by atoms with van der Waals surface area (Å²) in [6.07, 6.45) is 4.71. The van der Waals surface area contributed by atoms with Gasteiger partial charge < -0.3 is 0 Å². The van der Waals surface area contributed by atoms with E-state index in [1.165, 1.54) is 0 Å². The first-order valence-electron chi connectivity index (χ1n) is 7.58. The Morgan fingerprint density at radius 3 is 2.32 bits per heavy atom. The van der Waals surface area contributed by atoms with Crippen LogP contribution in [0, 0.1) is 11.8 Å². The molecule has 0 saturated heterocycles.